The Kier molecular flexibility index (Phi) is 3.90. The van der Waals surface area contributed by atoms with Gasteiger partial charge in [0.1, 0.15) is 6.33 Å². The molecular formula is C16H18N4O. The van der Waals surface area contributed by atoms with Gasteiger partial charge in [-0.25, -0.2) is 9.97 Å². The van der Waals surface area contributed by atoms with E-state index in [9.17, 15) is 4.79 Å². The Balaban J connectivity index is 1.69. The number of hydrogen-bond acceptors (Lipinski definition) is 4. The molecule has 3 heterocycles. The summed E-state index contributed by atoms with van der Waals surface area (Å²) in [5.41, 5.74) is 3.11. The number of likely N-dealkylation sites (tertiary alicyclic amines) is 1. The predicted molar refractivity (Wildman–Crippen MR) is 79.5 cm³/mol. The molecule has 0 unspecified atom stereocenters. The van der Waals surface area contributed by atoms with Crippen molar-refractivity contribution in [3.8, 4) is 11.1 Å². The molecule has 0 saturated carbocycles. The molecule has 0 radical (unpaired) electrons. The van der Waals surface area contributed by atoms with E-state index in [2.05, 4.69) is 27.1 Å². The Hall–Kier alpha value is -2.30. The van der Waals surface area contributed by atoms with Crippen LogP contribution < -0.4 is 0 Å². The Morgan fingerprint density at radius 2 is 1.81 bits per heavy atom. The second-order valence-electron chi connectivity index (χ2n) is 5.38. The number of hydrogen-bond donors (Lipinski definition) is 0. The second kappa shape index (κ2) is 5.99. The highest BCUT2D eigenvalue weighted by atomic mass is 16.2. The molecule has 1 amide bonds. The molecule has 21 heavy (non-hydrogen) atoms. The molecule has 0 spiro atoms. The first-order valence-corrected chi connectivity index (χ1v) is 7.21. The summed E-state index contributed by atoms with van der Waals surface area (Å²) in [6.07, 6.45) is 8.95. The molecule has 2 aromatic rings. The zero-order chi connectivity index (χ0) is 14.7. The molecule has 1 aliphatic heterocycles. The highest BCUT2D eigenvalue weighted by Gasteiger charge is 2.22. The van der Waals surface area contributed by atoms with Gasteiger partial charge in [-0.15, -0.1) is 0 Å². The maximum absolute atomic E-state index is 11.3. The lowest BCUT2D eigenvalue weighted by Gasteiger charge is -2.31. The van der Waals surface area contributed by atoms with E-state index < -0.39 is 0 Å². The zero-order valence-electron chi connectivity index (χ0n) is 12.1. The number of piperidine rings is 1. The Morgan fingerprint density at radius 1 is 1.10 bits per heavy atom. The summed E-state index contributed by atoms with van der Waals surface area (Å²) in [5, 5.41) is 0. The average Bonchev–Trinajstić information content (AvgIpc) is 2.56. The van der Waals surface area contributed by atoms with E-state index in [4.69, 9.17) is 0 Å². The molecule has 0 aromatic carbocycles. The van der Waals surface area contributed by atoms with Crippen molar-refractivity contribution in [3.63, 3.8) is 0 Å². The van der Waals surface area contributed by atoms with Gasteiger partial charge in [0.2, 0.25) is 5.91 Å². The molecule has 5 heteroatoms. The second-order valence-corrected chi connectivity index (χ2v) is 5.38. The van der Waals surface area contributed by atoms with Crippen molar-refractivity contribution in [2.45, 2.75) is 25.7 Å². The molecule has 1 aliphatic rings. The number of pyridine rings is 1. The van der Waals surface area contributed by atoms with Crippen LogP contribution in [0.5, 0.6) is 0 Å². The lowest BCUT2D eigenvalue weighted by Crippen LogP contribution is -2.36. The molecule has 0 N–H and O–H groups in total. The molecule has 1 fully saturated rings. The number of amides is 1. The predicted octanol–water partition coefficient (Wildman–Crippen LogP) is 2.26. The molecular weight excluding hydrogens is 264 g/mol. The van der Waals surface area contributed by atoms with Crippen LogP contribution in [-0.4, -0.2) is 38.8 Å². The summed E-state index contributed by atoms with van der Waals surface area (Å²) in [4.78, 5) is 25.9. The van der Waals surface area contributed by atoms with Crippen molar-refractivity contribution in [2.75, 3.05) is 13.1 Å². The van der Waals surface area contributed by atoms with Gasteiger partial charge in [-0.1, -0.05) is 6.07 Å². The van der Waals surface area contributed by atoms with Crippen molar-refractivity contribution >= 4 is 5.91 Å². The summed E-state index contributed by atoms with van der Waals surface area (Å²) in [6.45, 7) is 3.29. The van der Waals surface area contributed by atoms with Crippen LogP contribution in [0.3, 0.4) is 0 Å². The number of nitrogens with zero attached hydrogens (tertiary/aromatic N) is 4. The highest BCUT2D eigenvalue weighted by Crippen LogP contribution is 2.27. The third-order valence-corrected chi connectivity index (χ3v) is 4.04. The summed E-state index contributed by atoms with van der Waals surface area (Å²) in [7, 11) is 0. The van der Waals surface area contributed by atoms with Crippen molar-refractivity contribution in [2.24, 2.45) is 0 Å². The van der Waals surface area contributed by atoms with E-state index in [0.717, 1.165) is 42.8 Å². The van der Waals surface area contributed by atoms with E-state index in [1.54, 1.807) is 19.3 Å². The van der Waals surface area contributed by atoms with Crippen molar-refractivity contribution < 1.29 is 4.79 Å². The van der Waals surface area contributed by atoms with Crippen LogP contribution in [0, 0.1) is 0 Å². The molecule has 5 nitrogen and oxygen atoms in total. The Bertz CT molecular complexity index is 604. The van der Waals surface area contributed by atoms with Gasteiger partial charge in [0, 0.05) is 61.3 Å². The van der Waals surface area contributed by atoms with Gasteiger partial charge in [-0.3, -0.25) is 9.78 Å². The van der Waals surface area contributed by atoms with Crippen LogP contribution in [-0.2, 0) is 4.79 Å². The third-order valence-electron chi connectivity index (χ3n) is 4.04. The maximum atomic E-state index is 11.3. The fourth-order valence-electron chi connectivity index (χ4n) is 2.76. The Labute approximate surface area is 124 Å². The number of carbonyl (C=O) groups is 1. The van der Waals surface area contributed by atoms with Gasteiger partial charge in [0.15, 0.2) is 0 Å². The first-order chi connectivity index (χ1) is 10.2. The molecule has 1 saturated heterocycles. The van der Waals surface area contributed by atoms with E-state index in [1.165, 1.54) is 6.33 Å². The van der Waals surface area contributed by atoms with E-state index in [1.807, 2.05) is 11.1 Å². The van der Waals surface area contributed by atoms with Gasteiger partial charge < -0.3 is 4.90 Å². The van der Waals surface area contributed by atoms with Crippen LogP contribution >= 0.6 is 0 Å². The lowest BCUT2D eigenvalue weighted by molar-refractivity contribution is -0.129. The quantitative estimate of drug-likeness (QED) is 0.847. The number of carbonyl (C=O) groups excluding carboxylic acids is 1. The highest BCUT2D eigenvalue weighted by molar-refractivity contribution is 5.73. The van der Waals surface area contributed by atoms with E-state index >= 15 is 0 Å². The molecule has 0 aliphatic carbocycles. The fourth-order valence-corrected chi connectivity index (χ4v) is 2.76. The monoisotopic (exact) mass is 282 g/mol. The number of aromatic nitrogens is 3. The SMILES string of the molecule is CC(=O)N1CCC(c2ccc(-c3cncnc3)cn2)CC1. The fraction of sp³-hybridized carbons (Fsp3) is 0.375. The first kappa shape index (κ1) is 13.7. The Morgan fingerprint density at radius 3 is 2.38 bits per heavy atom. The summed E-state index contributed by atoms with van der Waals surface area (Å²) < 4.78 is 0. The van der Waals surface area contributed by atoms with Gasteiger partial charge in [0.25, 0.3) is 0 Å². The largest absolute Gasteiger partial charge is 0.343 e. The topological polar surface area (TPSA) is 59.0 Å². The lowest BCUT2D eigenvalue weighted by atomic mass is 9.92. The van der Waals surface area contributed by atoms with Crippen LogP contribution in [0.1, 0.15) is 31.4 Å². The minimum absolute atomic E-state index is 0.167. The van der Waals surface area contributed by atoms with Gasteiger partial charge in [0.05, 0.1) is 0 Å². The minimum atomic E-state index is 0.167. The molecule has 2 aromatic heterocycles. The van der Waals surface area contributed by atoms with Crippen LogP contribution in [0.15, 0.2) is 37.1 Å². The summed E-state index contributed by atoms with van der Waals surface area (Å²) >= 11 is 0. The summed E-state index contributed by atoms with van der Waals surface area (Å²) in [5.74, 6) is 0.613. The van der Waals surface area contributed by atoms with Crippen LogP contribution in [0.4, 0.5) is 0 Å². The maximum Gasteiger partial charge on any atom is 0.219 e. The summed E-state index contributed by atoms with van der Waals surface area (Å²) in [6, 6.07) is 4.15. The van der Waals surface area contributed by atoms with E-state index in [0.29, 0.717) is 5.92 Å². The third kappa shape index (κ3) is 3.07. The van der Waals surface area contributed by atoms with Crippen LogP contribution in [0.2, 0.25) is 0 Å². The minimum Gasteiger partial charge on any atom is -0.343 e. The molecule has 0 bridgehead atoms. The van der Waals surface area contributed by atoms with Crippen LogP contribution in [0.25, 0.3) is 11.1 Å². The standard InChI is InChI=1S/C16H18N4O/c1-12(21)20-6-4-13(5-7-20)16-3-2-14(10-19-16)15-8-17-11-18-9-15/h2-3,8-11,13H,4-7H2,1H3. The van der Waals surface area contributed by atoms with Crippen molar-refractivity contribution in [3.05, 3.63) is 42.7 Å². The van der Waals surface area contributed by atoms with Crippen molar-refractivity contribution in [1.82, 2.24) is 19.9 Å². The smallest absolute Gasteiger partial charge is 0.219 e. The molecule has 0 atom stereocenters. The normalized spacial score (nSPS) is 16.0. The number of rotatable bonds is 2. The van der Waals surface area contributed by atoms with E-state index in [-0.39, 0.29) is 5.91 Å². The van der Waals surface area contributed by atoms with Gasteiger partial charge >= 0.3 is 0 Å². The molecule has 108 valence electrons. The average molecular weight is 282 g/mol. The molecule has 3 rings (SSSR count). The zero-order valence-corrected chi connectivity index (χ0v) is 12.1. The first-order valence-electron chi connectivity index (χ1n) is 7.21. The van der Waals surface area contributed by atoms with Gasteiger partial charge in [-0.05, 0) is 18.9 Å². The van der Waals surface area contributed by atoms with Crippen molar-refractivity contribution in [1.29, 1.82) is 0 Å². The van der Waals surface area contributed by atoms with Gasteiger partial charge in [-0.2, -0.15) is 0 Å².